The van der Waals surface area contributed by atoms with E-state index >= 15 is 0 Å². The minimum Gasteiger partial charge on any atom is -0.442 e. The number of carbonyl (C=O) groups is 2. The summed E-state index contributed by atoms with van der Waals surface area (Å²) >= 11 is 0. The molecular weight excluding hydrogens is 322 g/mol. The summed E-state index contributed by atoms with van der Waals surface area (Å²) in [6, 6.07) is 8.01. The predicted octanol–water partition coefficient (Wildman–Crippen LogP) is 1.52. The summed E-state index contributed by atoms with van der Waals surface area (Å²) in [6.45, 7) is 5.16. The van der Waals surface area contributed by atoms with Crippen LogP contribution in [0.1, 0.15) is 19.8 Å². The number of piperidine rings is 1. The van der Waals surface area contributed by atoms with Crippen molar-refractivity contribution in [1.82, 2.24) is 5.32 Å². The number of carbonyl (C=O) groups excluding carboxylic acids is 2. The molecule has 0 saturated carbocycles. The van der Waals surface area contributed by atoms with Crippen LogP contribution in [0, 0.1) is 0 Å². The van der Waals surface area contributed by atoms with Crippen LogP contribution in [-0.2, 0) is 14.3 Å². The number of hydrogen-bond acceptors (Lipinski definition) is 5. The van der Waals surface area contributed by atoms with Crippen LogP contribution in [0.25, 0.3) is 0 Å². The van der Waals surface area contributed by atoms with Crippen LogP contribution in [-0.4, -0.2) is 56.5 Å². The molecule has 3 aliphatic heterocycles. The van der Waals surface area contributed by atoms with E-state index in [1.165, 1.54) is 12.6 Å². The Hall–Kier alpha value is -2.28. The molecule has 0 aromatic heterocycles. The number of hydrogen-bond donors (Lipinski definition) is 1. The summed E-state index contributed by atoms with van der Waals surface area (Å²) in [5, 5.41) is 2.68. The van der Waals surface area contributed by atoms with E-state index in [2.05, 4.69) is 22.3 Å². The minimum absolute atomic E-state index is 0.126. The van der Waals surface area contributed by atoms with Crippen molar-refractivity contribution < 1.29 is 19.1 Å². The standard InChI is InChI=1S/C18H23N3O4/c1-13(22)19-10-16-11-21(17(23)25-16)15-4-2-14(3-5-15)20-8-6-18(7-9-20)12-24-18/h2-5,16H,6-12H2,1H3,(H,19,22)/t16-/m0/s1. The zero-order valence-electron chi connectivity index (χ0n) is 14.4. The van der Waals surface area contributed by atoms with Crippen molar-refractivity contribution in [1.29, 1.82) is 0 Å². The molecule has 1 N–H and O–H groups in total. The Bertz CT molecular complexity index is 661. The second kappa shape index (κ2) is 6.22. The van der Waals surface area contributed by atoms with E-state index in [4.69, 9.17) is 9.47 Å². The van der Waals surface area contributed by atoms with Gasteiger partial charge >= 0.3 is 6.09 Å². The monoisotopic (exact) mass is 345 g/mol. The molecular formula is C18H23N3O4. The van der Waals surface area contributed by atoms with E-state index < -0.39 is 0 Å². The van der Waals surface area contributed by atoms with Gasteiger partial charge in [-0.05, 0) is 37.1 Å². The topological polar surface area (TPSA) is 74.4 Å². The van der Waals surface area contributed by atoms with Gasteiger partial charge in [0.2, 0.25) is 5.91 Å². The smallest absolute Gasteiger partial charge is 0.414 e. The third kappa shape index (κ3) is 3.42. The van der Waals surface area contributed by atoms with Crippen LogP contribution >= 0.6 is 0 Å². The highest BCUT2D eigenvalue weighted by atomic mass is 16.6. The maximum Gasteiger partial charge on any atom is 0.414 e. The Morgan fingerprint density at radius 2 is 1.88 bits per heavy atom. The van der Waals surface area contributed by atoms with Gasteiger partial charge in [-0.1, -0.05) is 0 Å². The number of benzene rings is 1. The van der Waals surface area contributed by atoms with Crippen molar-refractivity contribution >= 4 is 23.4 Å². The highest BCUT2D eigenvalue weighted by Gasteiger charge is 2.46. The summed E-state index contributed by atoms with van der Waals surface area (Å²) in [5.74, 6) is -0.126. The molecule has 0 bridgehead atoms. The molecule has 4 rings (SSSR count). The van der Waals surface area contributed by atoms with Crippen molar-refractivity contribution in [2.24, 2.45) is 0 Å². The summed E-state index contributed by atoms with van der Waals surface area (Å²) < 4.78 is 10.9. The first-order chi connectivity index (χ1) is 12.0. The molecule has 3 fully saturated rings. The quantitative estimate of drug-likeness (QED) is 0.838. The Morgan fingerprint density at radius 3 is 2.48 bits per heavy atom. The fraction of sp³-hybridized carbons (Fsp3) is 0.556. The Morgan fingerprint density at radius 1 is 1.24 bits per heavy atom. The largest absolute Gasteiger partial charge is 0.442 e. The van der Waals surface area contributed by atoms with Crippen molar-refractivity contribution in [3.8, 4) is 0 Å². The summed E-state index contributed by atoms with van der Waals surface area (Å²) in [4.78, 5) is 27.0. The first-order valence-electron chi connectivity index (χ1n) is 8.76. The van der Waals surface area contributed by atoms with Crippen molar-refractivity contribution in [3.63, 3.8) is 0 Å². The van der Waals surface area contributed by atoms with Gasteiger partial charge in [-0.15, -0.1) is 0 Å². The average Bonchev–Trinajstić information content (AvgIpc) is 3.26. The second-order valence-corrected chi connectivity index (χ2v) is 7.03. The molecule has 3 aliphatic rings. The minimum atomic E-state index is -0.367. The molecule has 7 nitrogen and oxygen atoms in total. The molecule has 7 heteroatoms. The predicted molar refractivity (Wildman–Crippen MR) is 92.9 cm³/mol. The van der Waals surface area contributed by atoms with Gasteiger partial charge in [-0.3, -0.25) is 9.69 Å². The molecule has 3 saturated heterocycles. The number of rotatable bonds is 4. The number of cyclic esters (lactones) is 1. The highest BCUT2D eigenvalue weighted by Crippen LogP contribution is 2.39. The van der Waals surface area contributed by atoms with E-state index in [9.17, 15) is 9.59 Å². The number of epoxide rings is 1. The lowest BCUT2D eigenvalue weighted by atomic mass is 9.97. The number of ether oxygens (including phenoxy) is 2. The lowest BCUT2D eigenvalue weighted by Crippen LogP contribution is -2.37. The Labute approximate surface area is 146 Å². The van der Waals surface area contributed by atoms with Crippen molar-refractivity contribution in [2.75, 3.05) is 42.6 Å². The summed E-state index contributed by atoms with van der Waals surface area (Å²) in [6.07, 6.45) is 1.48. The maximum absolute atomic E-state index is 12.1. The fourth-order valence-electron chi connectivity index (χ4n) is 3.50. The molecule has 134 valence electrons. The van der Waals surface area contributed by atoms with Gasteiger partial charge in [0.1, 0.15) is 6.10 Å². The second-order valence-electron chi connectivity index (χ2n) is 7.03. The van der Waals surface area contributed by atoms with Crippen molar-refractivity contribution in [3.05, 3.63) is 24.3 Å². The van der Waals surface area contributed by atoms with Gasteiger partial charge in [0.25, 0.3) is 0 Å². The summed E-state index contributed by atoms with van der Waals surface area (Å²) in [7, 11) is 0. The van der Waals surface area contributed by atoms with Gasteiger partial charge < -0.3 is 19.7 Å². The molecule has 0 unspecified atom stereocenters. The first-order valence-corrected chi connectivity index (χ1v) is 8.76. The maximum atomic E-state index is 12.1. The number of nitrogens with zero attached hydrogens (tertiary/aromatic N) is 2. The third-order valence-electron chi connectivity index (χ3n) is 5.21. The molecule has 0 radical (unpaired) electrons. The highest BCUT2D eigenvalue weighted by molar-refractivity contribution is 5.90. The zero-order valence-corrected chi connectivity index (χ0v) is 14.4. The van der Waals surface area contributed by atoms with E-state index in [1.807, 2.05) is 12.1 Å². The van der Waals surface area contributed by atoms with Crippen LogP contribution < -0.4 is 15.1 Å². The molecule has 1 aromatic rings. The van der Waals surface area contributed by atoms with Crippen LogP contribution in [0.2, 0.25) is 0 Å². The molecule has 25 heavy (non-hydrogen) atoms. The molecule has 1 aromatic carbocycles. The van der Waals surface area contributed by atoms with E-state index in [0.717, 1.165) is 38.2 Å². The molecule has 1 atom stereocenters. The van der Waals surface area contributed by atoms with Crippen LogP contribution in [0.4, 0.5) is 16.2 Å². The van der Waals surface area contributed by atoms with Crippen LogP contribution in [0.3, 0.4) is 0 Å². The third-order valence-corrected chi connectivity index (χ3v) is 5.21. The zero-order chi connectivity index (χ0) is 17.4. The average molecular weight is 345 g/mol. The fourth-order valence-corrected chi connectivity index (χ4v) is 3.50. The number of nitrogens with one attached hydrogen (secondary N) is 1. The molecule has 0 aliphatic carbocycles. The molecule has 1 spiro atoms. The lowest BCUT2D eigenvalue weighted by Gasteiger charge is -2.32. The van der Waals surface area contributed by atoms with Gasteiger partial charge in [0.05, 0.1) is 25.3 Å². The Balaban J connectivity index is 1.37. The van der Waals surface area contributed by atoms with Gasteiger partial charge in [-0.25, -0.2) is 4.79 Å². The van der Waals surface area contributed by atoms with Crippen molar-refractivity contribution in [2.45, 2.75) is 31.5 Å². The van der Waals surface area contributed by atoms with Crippen LogP contribution in [0.15, 0.2) is 24.3 Å². The normalized spacial score (nSPS) is 24.4. The van der Waals surface area contributed by atoms with Gasteiger partial charge in [0.15, 0.2) is 0 Å². The number of anilines is 2. The van der Waals surface area contributed by atoms with E-state index in [0.29, 0.717) is 13.1 Å². The summed E-state index contributed by atoms with van der Waals surface area (Å²) in [5.41, 5.74) is 2.17. The van der Waals surface area contributed by atoms with E-state index in [1.54, 1.807) is 4.90 Å². The van der Waals surface area contributed by atoms with E-state index in [-0.39, 0.29) is 23.7 Å². The van der Waals surface area contributed by atoms with Crippen LogP contribution in [0.5, 0.6) is 0 Å². The molecule has 2 amide bonds. The Kier molecular flexibility index (Phi) is 4.03. The SMILES string of the molecule is CC(=O)NC[C@H]1CN(c2ccc(N3CCC4(CC3)CO4)cc2)C(=O)O1. The lowest BCUT2D eigenvalue weighted by molar-refractivity contribution is -0.119. The first kappa shape index (κ1) is 16.2. The van der Waals surface area contributed by atoms with Gasteiger partial charge in [-0.2, -0.15) is 0 Å². The molecule has 3 heterocycles. The number of amides is 2. The van der Waals surface area contributed by atoms with Gasteiger partial charge in [0, 0.05) is 31.4 Å².